The van der Waals surface area contributed by atoms with E-state index >= 15 is 0 Å². The molecule has 6 heteroatoms. The summed E-state index contributed by atoms with van der Waals surface area (Å²) in [7, 11) is 0. The number of benzene rings is 2. The van der Waals surface area contributed by atoms with Crippen molar-refractivity contribution in [3.63, 3.8) is 0 Å². The lowest BCUT2D eigenvalue weighted by molar-refractivity contribution is -0.153. The van der Waals surface area contributed by atoms with Gasteiger partial charge in [0.2, 0.25) is 0 Å². The maximum atomic E-state index is 12.2. The van der Waals surface area contributed by atoms with Gasteiger partial charge in [-0.2, -0.15) is 5.26 Å². The number of hydrogen-bond acceptors (Lipinski definition) is 5. The van der Waals surface area contributed by atoms with E-state index in [9.17, 15) is 9.59 Å². The van der Waals surface area contributed by atoms with Crippen molar-refractivity contribution in [2.75, 3.05) is 11.9 Å². The Morgan fingerprint density at radius 3 is 2.67 bits per heavy atom. The summed E-state index contributed by atoms with van der Waals surface area (Å²) in [6, 6.07) is 14.5. The van der Waals surface area contributed by atoms with E-state index in [1.807, 2.05) is 38.1 Å². The second-order valence-electron chi connectivity index (χ2n) is 6.15. The van der Waals surface area contributed by atoms with Crippen LogP contribution in [0.15, 0.2) is 42.5 Å². The standard InChI is InChI=1S/C21H22N2O4/c1-14-8-9-15(2)19(12-14)26-11-10-20(24)27-16(3)21(25)23-18-7-5-4-6-17(18)13-22/h4-9,12,16H,10-11H2,1-3H3,(H,23,25). The number of amides is 1. The first-order valence-electron chi connectivity index (χ1n) is 8.60. The Morgan fingerprint density at radius 1 is 1.19 bits per heavy atom. The van der Waals surface area contributed by atoms with Crippen molar-refractivity contribution in [1.29, 1.82) is 5.26 Å². The highest BCUT2D eigenvalue weighted by Gasteiger charge is 2.19. The summed E-state index contributed by atoms with van der Waals surface area (Å²) in [6.07, 6.45) is -0.954. The highest BCUT2D eigenvalue weighted by molar-refractivity contribution is 5.96. The Hall–Kier alpha value is -3.33. The number of aryl methyl sites for hydroxylation is 2. The molecular formula is C21H22N2O4. The molecule has 0 saturated carbocycles. The predicted molar refractivity (Wildman–Crippen MR) is 101 cm³/mol. The molecule has 0 heterocycles. The van der Waals surface area contributed by atoms with Gasteiger partial charge in [-0.15, -0.1) is 0 Å². The molecule has 27 heavy (non-hydrogen) atoms. The van der Waals surface area contributed by atoms with Crippen molar-refractivity contribution >= 4 is 17.6 Å². The third kappa shape index (κ3) is 5.86. The molecule has 1 unspecified atom stereocenters. The highest BCUT2D eigenvalue weighted by atomic mass is 16.5. The van der Waals surface area contributed by atoms with Gasteiger partial charge in [-0.25, -0.2) is 0 Å². The van der Waals surface area contributed by atoms with Gasteiger partial charge in [-0.3, -0.25) is 9.59 Å². The van der Waals surface area contributed by atoms with E-state index in [2.05, 4.69) is 5.32 Å². The molecule has 0 spiro atoms. The first-order valence-corrected chi connectivity index (χ1v) is 8.60. The van der Waals surface area contributed by atoms with Crippen molar-refractivity contribution in [2.24, 2.45) is 0 Å². The van der Waals surface area contributed by atoms with Gasteiger partial charge in [0.1, 0.15) is 11.8 Å². The smallest absolute Gasteiger partial charge is 0.310 e. The summed E-state index contributed by atoms with van der Waals surface area (Å²) in [5, 5.41) is 11.6. The number of nitrogens with zero attached hydrogens (tertiary/aromatic N) is 1. The molecule has 1 amide bonds. The molecule has 1 atom stereocenters. The Balaban J connectivity index is 1.81. The van der Waals surface area contributed by atoms with Gasteiger partial charge in [-0.1, -0.05) is 24.3 Å². The van der Waals surface area contributed by atoms with Crippen LogP contribution in [0.25, 0.3) is 0 Å². The van der Waals surface area contributed by atoms with Crippen molar-refractivity contribution in [3.05, 3.63) is 59.2 Å². The van der Waals surface area contributed by atoms with Gasteiger partial charge in [0.15, 0.2) is 6.10 Å². The number of anilines is 1. The van der Waals surface area contributed by atoms with E-state index < -0.39 is 18.0 Å². The second-order valence-corrected chi connectivity index (χ2v) is 6.15. The minimum absolute atomic E-state index is 0.0276. The fraction of sp³-hybridized carbons (Fsp3) is 0.286. The van der Waals surface area contributed by atoms with Crippen molar-refractivity contribution in [2.45, 2.75) is 33.3 Å². The zero-order chi connectivity index (χ0) is 19.8. The lowest BCUT2D eigenvalue weighted by Gasteiger charge is -2.14. The van der Waals surface area contributed by atoms with Crippen molar-refractivity contribution in [1.82, 2.24) is 0 Å². The first kappa shape index (κ1) is 20.0. The van der Waals surface area contributed by atoms with Gasteiger partial charge < -0.3 is 14.8 Å². The van der Waals surface area contributed by atoms with Crippen LogP contribution in [-0.2, 0) is 14.3 Å². The van der Waals surface area contributed by atoms with E-state index in [0.29, 0.717) is 11.3 Å². The molecule has 0 aliphatic carbocycles. The van der Waals surface area contributed by atoms with Gasteiger partial charge in [0.25, 0.3) is 5.91 Å². The molecule has 0 radical (unpaired) electrons. The van der Waals surface area contributed by atoms with Gasteiger partial charge in [0.05, 0.1) is 24.3 Å². The van der Waals surface area contributed by atoms with E-state index in [1.165, 1.54) is 6.92 Å². The maximum Gasteiger partial charge on any atom is 0.310 e. The summed E-state index contributed by atoms with van der Waals surface area (Å²) >= 11 is 0. The van der Waals surface area contributed by atoms with Gasteiger partial charge in [0, 0.05) is 0 Å². The highest BCUT2D eigenvalue weighted by Crippen LogP contribution is 2.19. The quantitative estimate of drug-likeness (QED) is 0.758. The summed E-state index contributed by atoms with van der Waals surface area (Å²) in [5.41, 5.74) is 2.77. The fourth-order valence-corrected chi connectivity index (χ4v) is 2.34. The van der Waals surface area contributed by atoms with Crippen LogP contribution in [-0.4, -0.2) is 24.6 Å². The van der Waals surface area contributed by atoms with E-state index in [-0.39, 0.29) is 13.0 Å². The fourth-order valence-electron chi connectivity index (χ4n) is 2.34. The van der Waals surface area contributed by atoms with Gasteiger partial charge in [-0.05, 0) is 50.1 Å². The number of carbonyl (C=O) groups excluding carboxylic acids is 2. The second kappa shape index (κ2) is 9.39. The molecular weight excluding hydrogens is 344 g/mol. The minimum atomic E-state index is -0.982. The molecule has 0 fully saturated rings. The van der Waals surface area contributed by atoms with Crippen LogP contribution in [0.1, 0.15) is 30.0 Å². The van der Waals surface area contributed by atoms with E-state index in [1.54, 1.807) is 24.3 Å². The minimum Gasteiger partial charge on any atom is -0.493 e. The van der Waals surface area contributed by atoms with Crippen LogP contribution in [0.3, 0.4) is 0 Å². The maximum absolute atomic E-state index is 12.2. The van der Waals surface area contributed by atoms with Crippen LogP contribution >= 0.6 is 0 Å². The van der Waals surface area contributed by atoms with Crippen LogP contribution in [0.2, 0.25) is 0 Å². The number of esters is 1. The summed E-state index contributed by atoms with van der Waals surface area (Å²) < 4.78 is 10.8. The number of hydrogen-bond donors (Lipinski definition) is 1. The van der Waals surface area contributed by atoms with Crippen molar-refractivity contribution in [3.8, 4) is 11.8 Å². The molecule has 0 saturated heterocycles. The number of nitrogens with one attached hydrogen (secondary N) is 1. The molecule has 140 valence electrons. The largest absolute Gasteiger partial charge is 0.493 e. The topological polar surface area (TPSA) is 88.4 Å². The number of para-hydroxylation sites is 1. The molecule has 6 nitrogen and oxygen atoms in total. The average molecular weight is 366 g/mol. The Labute approximate surface area is 158 Å². The predicted octanol–water partition coefficient (Wildman–Crippen LogP) is 3.51. The van der Waals surface area contributed by atoms with Crippen LogP contribution in [0, 0.1) is 25.2 Å². The monoisotopic (exact) mass is 366 g/mol. The third-order valence-corrected chi connectivity index (χ3v) is 3.89. The van der Waals surface area contributed by atoms with E-state index in [4.69, 9.17) is 14.7 Å². The molecule has 2 aromatic carbocycles. The first-order chi connectivity index (χ1) is 12.9. The lowest BCUT2D eigenvalue weighted by atomic mass is 10.1. The average Bonchev–Trinajstić information content (AvgIpc) is 2.64. The summed E-state index contributed by atoms with van der Waals surface area (Å²) in [4.78, 5) is 24.1. The third-order valence-electron chi connectivity index (χ3n) is 3.89. The molecule has 0 aromatic heterocycles. The molecule has 1 N–H and O–H groups in total. The lowest BCUT2D eigenvalue weighted by Crippen LogP contribution is -2.30. The van der Waals surface area contributed by atoms with Gasteiger partial charge >= 0.3 is 5.97 Å². The van der Waals surface area contributed by atoms with Crippen molar-refractivity contribution < 1.29 is 19.1 Å². The zero-order valence-corrected chi connectivity index (χ0v) is 15.6. The Kier molecular flexibility index (Phi) is 6.95. The van der Waals surface area contributed by atoms with Crippen LogP contribution in [0.4, 0.5) is 5.69 Å². The van der Waals surface area contributed by atoms with Crippen LogP contribution in [0.5, 0.6) is 5.75 Å². The number of ether oxygens (including phenoxy) is 2. The number of rotatable bonds is 7. The number of nitriles is 1. The molecule has 0 aliphatic rings. The normalized spacial score (nSPS) is 11.2. The molecule has 0 bridgehead atoms. The Morgan fingerprint density at radius 2 is 1.93 bits per heavy atom. The Bertz CT molecular complexity index is 871. The summed E-state index contributed by atoms with van der Waals surface area (Å²) in [6.45, 7) is 5.53. The SMILES string of the molecule is Cc1ccc(C)c(OCCC(=O)OC(C)C(=O)Nc2ccccc2C#N)c1. The molecule has 2 aromatic rings. The number of carbonyl (C=O) groups is 2. The molecule has 2 rings (SSSR count). The van der Waals surface area contributed by atoms with Crippen LogP contribution < -0.4 is 10.1 Å². The van der Waals surface area contributed by atoms with E-state index in [0.717, 1.165) is 16.9 Å². The summed E-state index contributed by atoms with van der Waals surface area (Å²) in [5.74, 6) is -0.306. The molecule has 0 aliphatic heterocycles. The zero-order valence-electron chi connectivity index (χ0n) is 15.6.